The van der Waals surface area contributed by atoms with E-state index in [0.29, 0.717) is 37.4 Å². The number of fused-ring (bicyclic) bond motifs is 1. The number of anilines is 2. The van der Waals surface area contributed by atoms with Crippen molar-refractivity contribution in [3.63, 3.8) is 0 Å². The lowest BCUT2D eigenvalue weighted by Crippen LogP contribution is -2.44. The Morgan fingerprint density at radius 1 is 1.13 bits per heavy atom. The van der Waals surface area contributed by atoms with Crippen LogP contribution in [0.2, 0.25) is 5.02 Å². The highest BCUT2D eigenvalue weighted by Gasteiger charge is 2.48. The molecule has 0 bridgehead atoms. The second-order valence-corrected chi connectivity index (χ2v) is 8.72. The van der Waals surface area contributed by atoms with Crippen LogP contribution in [0.15, 0.2) is 30.6 Å². The van der Waals surface area contributed by atoms with Crippen LogP contribution in [-0.2, 0) is 20.8 Å². The predicted molar refractivity (Wildman–Crippen MR) is 113 cm³/mol. The van der Waals surface area contributed by atoms with Gasteiger partial charge < -0.3 is 9.80 Å². The van der Waals surface area contributed by atoms with Crippen molar-refractivity contribution in [2.75, 3.05) is 29.9 Å². The zero-order valence-corrected chi connectivity index (χ0v) is 17.3. The fourth-order valence-corrected chi connectivity index (χ4v) is 5.13. The molecule has 2 saturated heterocycles. The van der Waals surface area contributed by atoms with Crippen LogP contribution in [0.4, 0.5) is 11.4 Å². The van der Waals surface area contributed by atoms with Crippen LogP contribution in [0, 0.1) is 5.41 Å². The summed E-state index contributed by atoms with van der Waals surface area (Å²) in [6.07, 6.45) is 5.28. The second-order valence-electron chi connectivity index (χ2n) is 8.31. The first-order chi connectivity index (χ1) is 14.4. The topological polar surface area (TPSA) is 82.6 Å². The number of nitrogens with one attached hydrogen (secondary N) is 1. The molecule has 5 rings (SSSR count). The zero-order chi connectivity index (χ0) is 21.0. The van der Waals surface area contributed by atoms with Crippen molar-refractivity contribution in [1.29, 1.82) is 0 Å². The molecule has 1 spiro atoms. The SMILES string of the molecule is CN1C(=O)Cc2cc(-c3cncc(Cl)c3N3CCC4(CC3)CC(=O)NC4=O)ccc21. The number of imide groups is 1. The Kier molecular flexibility index (Phi) is 4.32. The lowest BCUT2D eigenvalue weighted by molar-refractivity contribution is -0.129. The molecule has 2 fully saturated rings. The first kappa shape index (κ1) is 19.1. The fraction of sp³-hybridized carbons (Fsp3) is 0.364. The van der Waals surface area contributed by atoms with E-state index in [1.807, 2.05) is 18.2 Å². The van der Waals surface area contributed by atoms with E-state index in [2.05, 4.69) is 15.2 Å². The van der Waals surface area contributed by atoms with Gasteiger partial charge in [0.2, 0.25) is 17.7 Å². The summed E-state index contributed by atoms with van der Waals surface area (Å²) in [5.41, 5.74) is 4.06. The average Bonchev–Trinajstić information content (AvgIpc) is 3.16. The summed E-state index contributed by atoms with van der Waals surface area (Å²) in [6, 6.07) is 5.97. The molecular formula is C22H21ClN4O3. The maximum atomic E-state index is 12.3. The van der Waals surface area contributed by atoms with Crippen molar-refractivity contribution in [1.82, 2.24) is 10.3 Å². The molecule has 7 nitrogen and oxygen atoms in total. The summed E-state index contributed by atoms with van der Waals surface area (Å²) in [6.45, 7) is 1.26. The van der Waals surface area contributed by atoms with Gasteiger partial charge in [-0.25, -0.2) is 0 Å². The third kappa shape index (κ3) is 2.88. The summed E-state index contributed by atoms with van der Waals surface area (Å²) in [5, 5.41) is 2.99. The van der Waals surface area contributed by atoms with Crippen LogP contribution in [0.5, 0.6) is 0 Å². The molecule has 1 aromatic heterocycles. The highest BCUT2D eigenvalue weighted by atomic mass is 35.5. The third-order valence-corrected chi connectivity index (χ3v) is 6.89. The number of benzene rings is 1. The molecule has 1 N–H and O–H groups in total. The molecule has 30 heavy (non-hydrogen) atoms. The van der Waals surface area contributed by atoms with Gasteiger partial charge in [0.25, 0.3) is 0 Å². The normalized spacial score (nSPS) is 20.1. The van der Waals surface area contributed by atoms with Crippen LogP contribution < -0.4 is 15.1 Å². The molecule has 2 aromatic rings. The van der Waals surface area contributed by atoms with Gasteiger partial charge in [-0.3, -0.25) is 24.7 Å². The van der Waals surface area contributed by atoms with Crippen LogP contribution in [0.25, 0.3) is 11.1 Å². The Labute approximate surface area is 179 Å². The van der Waals surface area contributed by atoms with Crippen LogP contribution in [-0.4, -0.2) is 42.8 Å². The smallest absolute Gasteiger partial charge is 0.233 e. The first-order valence-electron chi connectivity index (χ1n) is 10.0. The van der Waals surface area contributed by atoms with Gasteiger partial charge in [-0.15, -0.1) is 0 Å². The number of amides is 3. The molecule has 8 heteroatoms. The molecule has 0 radical (unpaired) electrons. The van der Waals surface area contributed by atoms with Crippen molar-refractivity contribution in [3.05, 3.63) is 41.2 Å². The number of hydrogen-bond acceptors (Lipinski definition) is 5. The number of hydrogen-bond donors (Lipinski definition) is 1. The first-order valence-corrected chi connectivity index (χ1v) is 10.4. The Bertz CT molecular complexity index is 1090. The van der Waals surface area contributed by atoms with Gasteiger partial charge in [0.1, 0.15) is 0 Å². The maximum absolute atomic E-state index is 12.3. The summed E-state index contributed by atoms with van der Waals surface area (Å²) in [7, 11) is 1.79. The molecule has 0 atom stereocenters. The van der Waals surface area contributed by atoms with Gasteiger partial charge in [-0.05, 0) is 36.1 Å². The highest BCUT2D eigenvalue weighted by Crippen LogP contribution is 2.44. The molecule has 3 aliphatic rings. The van der Waals surface area contributed by atoms with E-state index in [0.717, 1.165) is 28.1 Å². The van der Waals surface area contributed by atoms with E-state index in [4.69, 9.17) is 11.6 Å². The van der Waals surface area contributed by atoms with E-state index in [9.17, 15) is 14.4 Å². The van der Waals surface area contributed by atoms with Crippen molar-refractivity contribution in [2.24, 2.45) is 5.41 Å². The quantitative estimate of drug-likeness (QED) is 0.749. The van der Waals surface area contributed by atoms with E-state index in [-0.39, 0.29) is 24.1 Å². The Morgan fingerprint density at radius 2 is 1.90 bits per heavy atom. The molecule has 3 amide bonds. The standard InChI is InChI=1S/C22H21ClN4O3/c1-26-17-3-2-13(8-14(17)9-19(26)29)15-11-24-12-16(23)20(15)27-6-4-22(5-7-27)10-18(28)25-21(22)30/h2-3,8,11-12H,4-7,9-10H2,1H3,(H,25,28,30). The minimum Gasteiger partial charge on any atom is -0.370 e. The number of piperidine rings is 1. The van der Waals surface area contributed by atoms with E-state index in [1.54, 1.807) is 24.3 Å². The van der Waals surface area contributed by atoms with Gasteiger partial charge in [0.05, 0.1) is 22.5 Å². The fourth-order valence-electron chi connectivity index (χ4n) is 4.85. The summed E-state index contributed by atoms with van der Waals surface area (Å²) < 4.78 is 0. The van der Waals surface area contributed by atoms with Crippen molar-refractivity contribution in [2.45, 2.75) is 25.7 Å². The molecule has 1 aromatic carbocycles. The van der Waals surface area contributed by atoms with Gasteiger partial charge in [-0.2, -0.15) is 0 Å². The number of nitrogens with zero attached hydrogens (tertiary/aromatic N) is 3. The minimum atomic E-state index is -0.591. The van der Waals surface area contributed by atoms with Crippen molar-refractivity contribution in [3.8, 4) is 11.1 Å². The molecule has 0 saturated carbocycles. The Hall–Kier alpha value is -2.93. The van der Waals surface area contributed by atoms with Crippen molar-refractivity contribution >= 4 is 40.7 Å². The minimum absolute atomic E-state index is 0.0808. The Morgan fingerprint density at radius 3 is 2.60 bits per heavy atom. The number of aromatic nitrogens is 1. The highest BCUT2D eigenvalue weighted by molar-refractivity contribution is 6.33. The van der Waals surface area contributed by atoms with Gasteiger partial charge in [-0.1, -0.05) is 17.7 Å². The van der Waals surface area contributed by atoms with Gasteiger partial charge in [0.15, 0.2) is 0 Å². The van der Waals surface area contributed by atoms with E-state index in [1.165, 1.54) is 0 Å². The number of halogens is 1. The molecule has 3 aliphatic heterocycles. The zero-order valence-electron chi connectivity index (χ0n) is 16.6. The molecular weight excluding hydrogens is 404 g/mol. The number of pyridine rings is 1. The number of carbonyl (C=O) groups is 3. The third-order valence-electron chi connectivity index (χ3n) is 6.61. The molecule has 4 heterocycles. The lowest BCUT2D eigenvalue weighted by Gasteiger charge is -2.39. The summed E-state index contributed by atoms with van der Waals surface area (Å²) >= 11 is 6.58. The largest absolute Gasteiger partial charge is 0.370 e. The molecule has 154 valence electrons. The summed E-state index contributed by atoms with van der Waals surface area (Å²) in [4.78, 5) is 44.2. The van der Waals surface area contributed by atoms with Crippen molar-refractivity contribution < 1.29 is 14.4 Å². The predicted octanol–water partition coefficient (Wildman–Crippen LogP) is 2.55. The Balaban J connectivity index is 1.47. The number of rotatable bonds is 2. The second kappa shape index (κ2) is 6.80. The molecule has 0 unspecified atom stereocenters. The average molecular weight is 425 g/mol. The van der Waals surface area contributed by atoms with E-state index < -0.39 is 5.41 Å². The monoisotopic (exact) mass is 424 g/mol. The van der Waals surface area contributed by atoms with Gasteiger partial charge >= 0.3 is 0 Å². The lowest BCUT2D eigenvalue weighted by atomic mass is 9.77. The van der Waals surface area contributed by atoms with Crippen LogP contribution in [0.1, 0.15) is 24.8 Å². The van der Waals surface area contributed by atoms with Crippen LogP contribution >= 0.6 is 11.6 Å². The van der Waals surface area contributed by atoms with Crippen LogP contribution in [0.3, 0.4) is 0 Å². The summed E-state index contributed by atoms with van der Waals surface area (Å²) in [5.74, 6) is -0.258. The van der Waals surface area contributed by atoms with E-state index >= 15 is 0 Å². The number of likely N-dealkylation sites (N-methyl/N-ethyl adjacent to an activating group) is 1. The maximum Gasteiger partial charge on any atom is 0.233 e. The number of carbonyl (C=O) groups excluding carboxylic acids is 3. The molecule has 0 aliphatic carbocycles. The van der Waals surface area contributed by atoms with Gasteiger partial charge in [0, 0.05) is 50.2 Å².